The molecule has 1 aromatic heterocycles. The molecule has 0 saturated carbocycles. The summed E-state index contributed by atoms with van der Waals surface area (Å²) in [5, 5.41) is 8.98. The minimum Gasteiger partial charge on any atom is -0.326 e. The minimum atomic E-state index is -0.303. The van der Waals surface area contributed by atoms with Crippen LogP contribution in [0.3, 0.4) is 0 Å². The van der Waals surface area contributed by atoms with Gasteiger partial charge >= 0.3 is 0 Å². The van der Waals surface area contributed by atoms with Crippen LogP contribution in [0.5, 0.6) is 0 Å². The van der Waals surface area contributed by atoms with Gasteiger partial charge in [-0.2, -0.15) is 0 Å². The van der Waals surface area contributed by atoms with Crippen LogP contribution in [-0.4, -0.2) is 27.2 Å². The first kappa shape index (κ1) is 23.5. The maximum atomic E-state index is 12.6. The average Bonchev–Trinajstić information content (AvgIpc) is 2.79. The second-order valence-electron chi connectivity index (χ2n) is 7.58. The summed E-state index contributed by atoms with van der Waals surface area (Å²) < 4.78 is 0. The van der Waals surface area contributed by atoms with E-state index in [0.29, 0.717) is 40.0 Å². The molecule has 0 spiro atoms. The van der Waals surface area contributed by atoms with E-state index in [-0.39, 0.29) is 17.2 Å². The van der Waals surface area contributed by atoms with Crippen LogP contribution in [0.2, 0.25) is 0 Å². The summed E-state index contributed by atoms with van der Waals surface area (Å²) in [4.78, 5) is 32.7. The fourth-order valence-electron chi connectivity index (χ4n) is 3.35. The number of nitrogens with one attached hydrogen (secondary N) is 3. The number of allylic oxidation sites excluding steroid dienone is 2. The molecule has 0 bridgehead atoms. The number of amides is 2. The number of carbonyl (C=O) groups is 2. The van der Waals surface area contributed by atoms with Gasteiger partial charge in [-0.05, 0) is 36.4 Å². The first-order valence-electron chi connectivity index (χ1n) is 10.5. The molecule has 3 aromatic rings. The third-order valence-corrected chi connectivity index (χ3v) is 5.57. The Morgan fingerprint density at radius 1 is 1.00 bits per heavy atom. The van der Waals surface area contributed by atoms with Crippen LogP contribution in [0.25, 0.3) is 11.3 Å². The van der Waals surface area contributed by atoms with Crippen molar-refractivity contribution >= 4 is 58.0 Å². The number of aromatic nitrogens is 2. The van der Waals surface area contributed by atoms with Gasteiger partial charge in [-0.1, -0.05) is 42.0 Å². The predicted octanol–water partition coefficient (Wildman–Crippen LogP) is 5.84. The highest BCUT2D eigenvalue weighted by Gasteiger charge is 2.18. The van der Waals surface area contributed by atoms with Gasteiger partial charge in [0.1, 0.15) is 0 Å². The molecule has 9 heteroatoms. The highest BCUT2D eigenvalue weighted by Crippen LogP contribution is 2.27. The molecular weight excluding hydrogens is 473 g/mol. The lowest BCUT2D eigenvalue weighted by Crippen LogP contribution is -2.17. The van der Waals surface area contributed by atoms with Gasteiger partial charge in [-0.15, -0.1) is 11.6 Å². The zero-order valence-electron chi connectivity index (χ0n) is 18.2. The van der Waals surface area contributed by atoms with Crippen LogP contribution in [0.4, 0.5) is 23.0 Å². The first-order valence-corrected chi connectivity index (χ1v) is 11.3. The molecule has 0 radical (unpaired) electrons. The van der Waals surface area contributed by atoms with Crippen molar-refractivity contribution in [2.45, 2.75) is 18.7 Å². The predicted molar refractivity (Wildman–Crippen MR) is 136 cm³/mol. The largest absolute Gasteiger partial charge is 0.326 e. The molecule has 2 amide bonds. The lowest BCUT2D eigenvalue weighted by Gasteiger charge is -2.14. The SMILES string of the molecule is CC(=O)Nc1ccc(-c2ccnc(Nc3cccc(NC(=O)C4=C(Cl)CC(Cl)C=C4)c3)n2)cc1. The molecule has 2 aromatic carbocycles. The number of alkyl halides is 1. The zero-order valence-corrected chi connectivity index (χ0v) is 19.7. The summed E-state index contributed by atoms with van der Waals surface area (Å²) in [6, 6.07) is 16.4. The van der Waals surface area contributed by atoms with E-state index in [9.17, 15) is 9.59 Å². The second kappa shape index (κ2) is 10.5. The molecule has 1 unspecified atom stereocenters. The number of nitrogens with zero attached hydrogens (tertiary/aromatic N) is 2. The van der Waals surface area contributed by atoms with E-state index in [0.717, 1.165) is 11.3 Å². The van der Waals surface area contributed by atoms with Gasteiger partial charge in [0.15, 0.2) is 0 Å². The monoisotopic (exact) mass is 493 g/mol. The van der Waals surface area contributed by atoms with Gasteiger partial charge in [0, 0.05) is 47.2 Å². The normalized spacial score (nSPS) is 15.1. The lowest BCUT2D eigenvalue weighted by molar-refractivity contribution is -0.114. The third kappa shape index (κ3) is 6.01. The number of halogens is 2. The summed E-state index contributed by atoms with van der Waals surface area (Å²) in [7, 11) is 0. The van der Waals surface area contributed by atoms with Gasteiger partial charge in [0.05, 0.1) is 16.6 Å². The first-order chi connectivity index (χ1) is 16.4. The number of benzene rings is 2. The van der Waals surface area contributed by atoms with E-state index in [1.807, 2.05) is 36.4 Å². The Bertz CT molecular complexity index is 1290. The summed E-state index contributed by atoms with van der Waals surface area (Å²) in [5.41, 5.74) is 4.02. The number of rotatable bonds is 6. The molecule has 7 nitrogen and oxygen atoms in total. The molecule has 3 N–H and O–H groups in total. The summed E-state index contributed by atoms with van der Waals surface area (Å²) in [5.74, 6) is -0.0254. The van der Waals surface area contributed by atoms with E-state index < -0.39 is 0 Å². The molecule has 0 fully saturated rings. The van der Waals surface area contributed by atoms with Crippen molar-refractivity contribution in [1.82, 2.24) is 9.97 Å². The highest BCUT2D eigenvalue weighted by atomic mass is 35.5. The van der Waals surface area contributed by atoms with Crippen molar-refractivity contribution in [2.24, 2.45) is 0 Å². The van der Waals surface area contributed by atoms with Crippen molar-refractivity contribution in [3.8, 4) is 11.3 Å². The molecule has 0 saturated heterocycles. The number of hydrogen-bond acceptors (Lipinski definition) is 5. The third-order valence-electron chi connectivity index (χ3n) is 4.92. The Hall–Kier alpha value is -3.68. The smallest absolute Gasteiger partial charge is 0.256 e. The maximum absolute atomic E-state index is 12.6. The van der Waals surface area contributed by atoms with Crippen LogP contribution in [0.15, 0.2) is 83.6 Å². The number of anilines is 4. The summed E-state index contributed by atoms with van der Waals surface area (Å²) in [6.07, 6.45) is 5.47. The van der Waals surface area contributed by atoms with E-state index >= 15 is 0 Å². The molecule has 1 aliphatic carbocycles. The fraction of sp³-hybridized carbons (Fsp3) is 0.120. The Labute approximate surface area is 206 Å². The zero-order chi connectivity index (χ0) is 24.1. The van der Waals surface area contributed by atoms with E-state index in [1.54, 1.807) is 36.5 Å². The van der Waals surface area contributed by atoms with Crippen LogP contribution in [0, 0.1) is 0 Å². The quantitative estimate of drug-likeness (QED) is 0.374. The number of hydrogen-bond donors (Lipinski definition) is 3. The molecular formula is C25H21Cl2N5O2. The van der Waals surface area contributed by atoms with E-state index in [2.05, 4.69) is 25.9 Å². The molecule has 1 aliphatic rings. The summed E-state index contributed by atoms with van der Waals surface area (Å²) >= 11 is 12.3. The molecule has 34 heavy (non-hydrogen) atoms. The van der Waals surface area contributed by atoms with Gasteiger partial charge in [-0.3, -0.25) is 9.59 Å². The Morgan fingerprint density at radius 2 is 1.76 bits per heavy atom. The maximum Gasteiger partial charge on any atom is 0.256 e. The van der Waals surface area contributed by atoms with Crippen LogP contribution in [0.1, 0.15) is 13.3 Å². The van der Waals surface area contributed by atoms with Crippen molar-refractivity contribution in [2.75, 3.05) is 16.0 Å². The molecule has 0 aliphatic heterocycles. The Balaban J connectivity index is 1.46. The summed E-state index contributed by atoms with van der Waals surface area (Å²) in [6.45, 7) is 1.46. The standard InChI is InChI=1S/C25H21Cl2N5O2/c1-15(33)29-18-8-5-16(6-9-18)23-11-12-28-25(32-23)31-20-4-2-3-19(14-20)30-24(34)21-10-7-17(26)13-22(21)27/h2-12,14,17H,13H2,1H3,(H,29,33)(H,30,34)(H,28,31,32). The van der Waals surface area contributed by atoms with Crippen molar-refractivity contribution < 1.29 is 9.59 Å². The van der Waals surface area contributed by atoms with E-state index in [1.165, 1.54) is 6.92 Å². The molecule has 1 heterocycles. The van der Waals surface area contributed by atoms with Crippen LogP contribution < -0.4 is 16.0 Å². The van der Waals surface area contributed by atoms with Gasteiger partial charge in [0.2, 0.25) is 11.9 Å². The molecule has 4 rings (SSSR count). The van der Waals surface area contributed by atoms with Crippen LogP contribution >= 0.6 is 23.2 Å². The van der Waals surface area contributed by atoms with Crippen molar-refractivity contribution in [3.63, 3.8) is 0 Å². The number of carbonyl (C=O) groups excluding carboxylic acids is 2. The molecule has 172 valence electrons. The van der Waals surface area contributed by atoms with E-state index in [4.69, 9.17) is 23.2 Å². The topological polar surface area (TPSA) is 96.0 Å². The van der Waals surface area contributed by atoms with Crippen molar-refractivity contribution in [3.05, 3.63) is 83.6 Å². The minimum absolute atomic E-state index is 0.126. The fourth-order valence-corrected chi connectivity index (χ4v) is 3.97. The Morgan fingerprint density at radius 3 is 2.50 bits per heavy atom. The van der Waals surface area contributed by atoms with Crippen LogP contribution in [-0.2, 0) is 9.59 Å². The van der Waals surface area contributed by atoms with Gasteiger partial charge < -0.3 is 16.0 Å². The van der Waals surface area contributed by atoms with Crippen molar-refractivity contribution in [1.29, 1.82) is 0 Å². The highest BCUT2D eigenvalue weighted by molar-refractivity contribution is 6.34. The lowest BCUT2D eigenvalue weighted by atomic mass is 10.1. The van der Waals surface area contributed by atoms with Gasteiger partial charge in [0.25, 0.3) is 5.91 Å². The van der Waals surface area contributed by atoms with Gasteiger partial charge in [-0.25, -0.2) is 9.97 Å². The molecule has 1 atom stereocenters. The second-order valence-corrected chi connectivity index (χ2v) is 8.60. The average molecular weight is 494 g/mol. The Kier molecular flexibility index (Phi) is 7.25.